The van der Waals surface area contributed by atoms with E-state index in [1.165, 1.54) is 5.56 Å². The van der Waals surface area contributed by atoms with Gasteiger partial charge in [-0.05, 0) is 32.9 Å². The van der Waals surface area contributed by atoms with Crippen molar-refractivity contribution in [1.82, 2.24) is 5.32 Å². The highest BCUT2D eigenvalue weighted by molar-refractivity contribution is 8.00. The molecule has 3 nitrogen and oxygen atoms in total. The van der Waals surface area contributed by atoms with Crippen molar-refractivity contribution in [2.24, 2.45) is 0 Å². The minimum absolute atomic E-state index is 0.00468. The molecule has 1 aliphatic heterocycles. The Bertz CT molecular complexity index is 414. The number of aryl methyl sites for hydroxylation is 1. The lowest BCUT2D eigenvalue weighted by atomic mass is 10.2. The van der Waals surface area contributed by atoms with Crippen LogP contribution >= 0.6 is 11.8 Å². The molecule has 1 fully saturated rings. The Labute approximate surface area is 106 Å². The summed E-state index contributed by atoms with van der Waals surface area (Å²) in [6.45, 7) is 6.22. The summed E-state index contributed by atoms with van der Waals surface area (Å²) in [7, 11) is 0. The fourth-order valence-electron chi connectivity index (χ4n) is 1.80. The van der Waals surface area contributed by atoms with Gasteiger partial charge >= 0.3 is 0 Å². The van der Waals surface area contributed by atoms with Crippen molar-refractivity contribution in [3.8, 4) is 0 Å². The summed E-state index contributed by atoms with van der Waals surface area (Å²) >= 11 is 1.78. The second-order valence-electron chi connectivity index (χ2n) is 4.87. The molecular weight excluding hydrogens is 232 g/mol. The molecule has 0 unspecified atom stereocenters. The molecule has 0 aliphatic carbocycles. The monoisotopic (exact) mass is 250 g/mol. The first-order chi connectivity index (χ1) is 7.96. The molecule has 0 aromatic heterocycles. The quantitative estimate of drug-likeness (QED) is 0.846. The maximum Gasteiger partial charge on any atom is 0.242 e. The van der Waals surface area contributed by atoms with E-state index in [0.29, 0.717) is 0 Å². The molecule has 4 heteroatoms. The van der Waals surface area contributed by atoms with Gasteiger partial charge in [-0.25, -0.2) is 0 Å². The van der Waals surface area contributed by atoms with Crippen molar-refractivity contribution in [1.29, 1.82) is 0 Å². The van der Waals surface area contributed by atoms with Crippen LogP contribution in [0, 0.1) is 6.92 Å². The first-order valence-corrected chi connectivity index (χ1v) is 6.74. The van der Waals surface area contributed by atoms with Gasteiger partial charge in [0, 0.05) is 11.4 Å². The van der Waals surface area contributed by atoms with Crippen LogP contribution < -0.4 is 10.6 Å². The van der Waals surface area contributed by atoms with E-state index in [2.05, 4.69) is 24.5 Å². The molecule has 2 rings (SSSR count). The van der Waals surface area contributed by atoms with Crippen LogP contribution in [0.4, 0.5) is 5.69 Å². The minimum Gasteiger partial charge on any atom is -0.325 e. The van der Waals surface area contributed by atoms with Crippen molar-refractivity contribution in [3.63, 3.8) is 0 Å². The summed E-state index contributed by atoms with van der Waals surface area (Å²) in [5, 5.41) is 6.25. The number of benzene rings is 1. The Morgan fingerprint density at radius 3 is 2.59 bits per heavy atom. The lowest BCUT2D eigenvalue weighted by Crippen LogP contribution is -2.43. The van der Waals surface area contributed by atoms with Crippen LogP contribution in [-0.4, -0.2) is 22.6 Å². The molecule has 0 bridgehead atoms. The molecule has 1 saturated heterocycles. The maximum absolute atomic E-state index is 12.0. The van der Waals surface area contributed by atoms with Crippen molar-refractivity contribution < 1.29 is 4.79 Å². The third-order valence-corrected chi connectivity index (χ3v) is 4.11. The molecule has 1 amide bonds. The fraction of sp³-hybridized carbons (Fsp3) is 0.462. The van der Waals surface area contributed by atoms with Crippen LogP contribution in [-0.2, 0) is 4.79 Å². The summed E-state index contributed by atoms with van der Waals surface area (Å²) in [5.74, 6) is 0.872. The molecule has 92 valence electrons. The van der Waals surface area contributed by atoms with Gasteiger partial charge < -0.3 is 5.32 Å². The van der Waals surface area contributed by atoms with Crippen LogP contribution in [0.1, 0.15) is 19.4 Å². The third-order valence-electron chi connectivity index (χ3n) is 2.77. The van der Waals surface area contributed by atoms with Gasteiger partial charge in [0.15, 0.2) is 0 Å². The van der Waals surface area contributed by atoms with Gasteiger partial charge in [0.05, 0.1) is 10.9 Å². The molecule has 1 atom stereocenters. The Kier molecular flexibility index (Phi) is 3.45. The maximum atomic E-state index is 12.0. The van der Waals surface area contributed by atoms with Crippen LogP contribution in [0.15, 0.2) is 24.3 Å². The normalized spacial score (nSPS) is 22.4. The molecule has 1 aromatic carbocycles. The van der Waals surface area contributed by atoms with Crippen molar-refractivity contribution in [2.45, 2.75) is 31.7 Å². The van der Waals surface area contributed by atoms with Crippen molar-refractivity contribution >= 4 is 23.4 Å². The van der Waals surface area contributed by atoms with Gasteiger partial charge in [0.2, 0.25) is 5.91 Å². The van der Waals surface area contributed by atoms with Gasteiger partial charge in [0.1, 0.15) is 0 Å². The largest absolute Gasteiger partial charge is 0.325 e. The lowest BCUT2D eigenvalue weighted by molar-refractivity contribution is -0.117. The van der Waals surface area contributed by atoms with Gasteiger partial charge in [-0.1, -0.05) is 17.7 Å². The van der Waals surface area contributed by atoms with Crippen LogP contribution in [0.2, 0.25) is 0 Å². The molecule has 0 saturated carbocycles. The van der Waals surface area contributed by atoms with E-state index in [1.54, 1.807) is 11.8 Å². The molecule has 1 aromatic rings. The first-order valence-electron chi connectivity index (χ1n) is 5.75. The second-order valence-corrected chi connectivity index (χ2v) is 6.52. The second kappa shape index (κ2) is 4.70. The number of thioether (sulfide) groups is 1. The predicted octanol–water partition coefficient (Wildman–Crippen LogP) is 2.37. The summed E-state index contributed by atoms with van der Waals surface area (Å²) < 4.78 is 0. The SMILES string of the molecule is Cc1ccc(NC(=O)[C@H]2CSC(C)(C)N2)cc1. The van der Waals surface area contributed by atoms with E-state index in [0.717, 1.165) is 11.4 Å². The van der Waals surface area contributed by atoms with E-state index in [1.807, 2.05) is 31.2 Å². The topological polar surface area (TPSA) is 41.1 Å². The van der Waals surface area contributed by atoms with E-state index in [-0.39, 0.29) is 16.8 Å². The van der Waals surface area contributed by atoms with Crippen molar-refractivity contribution in [3.05, 3.63) is 29.8 Å². The number of anilines is 1. The Morgan fingerprint density at radius 1 is 1.41 bits per heavy atom. The summed E-state index contributed by atoms with van der Waals surface area (Å²) in [6, 6.07) is 7.75. The smallest absolute Gasteiger partial charge is 0.242 e. The number of hydrogen-bond acceptors (Lipinski definition) is 3. The Balaban J connectivity index is 1.96. The van der Waals surface area contributed by atoms with E-state index < -0.39 is 0 Å². The van der Waals surface area contributed by atoms with E-state index in [4.69, 9.17) is 0 Å². The molecule has 1 heterocycles. The lowest BCUT2D eigenvalue weighted by Gasteiger charge is -2.18. The van der Waals surface area contributed by atoms with Crippen LogP contribution in [0.25, 0.3) is 0 Å². The zero-order chi connectivity index (χ0) is 12.5. The van der Waals surface area contributed by atoms with Gasteiger partial charge in [0.25, 0.3) is 0 Å². The minimum atomic E-state index is -0.101. The average molecular weight is 250 g/mol. The Hall–Kier alpha value is -1.00. The molecule has 0 spiro atoms. The highest BCUT2D eigenvalue weighted by atomic mass is 32.2. The zero-order valence-corrected chi connectivity index (χ0v) is 11.2. The van der Waals surface area contributed by atoms with Gasteiger partial charge in [-0.3, -0.25) is 10.1 Å². The third kappa shape index (κ3) is 3.23. The molecule has 0 radical (unpaired) electrons. The van der Waals surface area contributed by atoms with Crippen LogP contribution in [0.5, 0.6) is 0 Å². The number of amides is 1. The molecule has 2 N–H and O–H groups in total. The standard InChI is InChI=1S/C13H18N2OS/c1-9-4-6-10(7-5-9)14-12(16)11-8-17-13(2,3)15-11/h4-7,11,15H,8H2,1-3H3,(H,14,16)/t11-/m1/s1. The predicted molar refractivity (Wildman–Crippen MR) is 73.3 cm³/mol. The first kappa shape index (κ1) is 12.5. The van der Waals surface area contributed by atoms with Gasteiger partial charge in [-0.15, -0.1) is 11.8 Å². The zero-order valence-electron chi connectivity index (χ0n) is 10.4. The van der Waals surface area contributed by atoms with E-state index >= 15 is 0 Å². The van der Waals surface area contributed by atoms with Crippen LogP contribution in [0.3, 0.4) is 0 Å². The number of hydrogen-bond donors (Lipinski definition) is 2. The highest BCUT2D eigenvalue weighted by Gasteiger charge is 2.34. The number of nitrogens with one attached hydrogen (secondary N) is 2. The van der Waals surface area contributed by atoms with Crippen molar-refractivity contribution in [2.75, 3.05) is 11.1 Å². The summed E-state index contributed by atoms with van der Waals surface area (Å²) in [5.41, 5.74) is 2.05. The molecule has 1 aliphatic rings. The number of carbonyl (C=O) groups is 1. The average Bonchev–Trinajstić information content (AvgIpc) is 2.62. The van der Waals surface area contributed by atoms with Gasteiger partial charge in [-0.2, -0.15) is 0 Å². The molecule has 17 heavy (non-hydrogen) atoms. The Morgan fingerprint density at radius 2 is 2.06 bits per heavy atom. The summed E-state index contributed by atoms with van der Waals surface area (Å²) in [6.07, 6.45) is 0. The molecular formula is C13H18N2OS. The van der Waals surface area contributed by atoms with E-state index in [9.17, 15) is 4.79 Å². The fourth-order valence-corrected chi connectivity index (χ4v) is 2.85. The number of carbonyl (C=O) groups excluding carboxylic acids is 1. The summed E-state index contributed by atoms with van der Waals surface area (Å²) in [4.78, 5) is 12.0. The number of rotatable bonds is 2. The highest BCUT2D eigenvalue weighted by Crippen LogP contribution is 2.29.